The number of hydrogen-bond donors (Lipinski definition) is 0. The zero-order valence-corrected chi connectivity index (χ0v) is 14.1. The maximum Gasteiger partial charge on any atom is 0.233 e. The van der Waals surface area contributed by atoms with Crippen molar-refractivity contribution in [2.45, 2.75) is 32.1 Å². The van der Waals surface area contributed by atoms with Gasteiger partial charge in [0.1, 0.15) is 12.4 Å². The van der Waals surface area contributed by atoms with Gasteiger partial charge in [-0.3, -0.25) is 19.3 Å². The zero-order valence-electron chi connectivity index (χ0n) is 14.1. The van der Waals surface area contributed by atoms with Crippen molar-refractivity contribution in [3.63, 3.8) is 0 Å². The number of fused-ring (bicyclic) bond motifs is 2. The van der Waals surface area contributed by atoms with E-state index in [0.29, 0.717) is 18.9 Å². The summed E-state index contributed by atoms with van der Waals surface area (Å²) in [6.07, 6.45) is 3.79. The molecule has 3 amide bonds. The molecule has 1 aromatic carbocycles. The number of likely N-dealkylation sites (tertiary alicyclic amines) is 1. The van der Waals surface area contributed by atoms with E-state index >= 15 is 0 Å². The Hall–Kier alpha value is -2.37. The number of nitrogens with zero attached hydrogens (tertiary/aromatic N) is 2. The lowest BCUT2D eigenvalue weighted by Crippen LogP contribution is -2.40. The van der Waals surface area contributed by atoms with E-state index in [1.54, 1.807) is 4.90 Å². The molecule has 1 saturated heterocycles. The smallest absolute Gasteiger partial charge is 0.233 e. The fourth-order valence-electron chi connectivity index (χ4n) is 4.22. The van der Waals surface area contributed by atoms with E-state index in [-0.39, 0.29) is 42.5 Å². The molecule has 132 valence electrons. The molecule has 3 aliphatic rings. The summed E-state index contributed by atoms with van der Waals surface area (Å²) in [5, 5.41) is 0. The first-order valence-corrected chi connectivity index (χ1v) is 9.04. The summed E-state index contributed by atoms with van der Waals surface area (Å²) in [6.45, 7) is 1.13. The lowest BCUT2D eigenvalue weighted by Gasteiger charge is -2.30. The minimum atomic E-state index is -0.152. The Morgan fingerprint density at radius 2 is 1.76 bits per heavy atom. The summed E-state index contributed by atoms with van der Waals surface area (Å²) in [4.78, 5) is 40.7. The zero-order chi connectivity index (χ0) is 17.4. The van der Waals surface area contributed by atoms with E-state index in [0.717, 1.165) is 31.4 Å². The highest BCUT2D eigenvalue weighted by Gasteiger charge is 2.47. The molecule has 1 aromatic rings. The van der Waals surface area contributed by atoms with Crippen LogP contribution in [0, 0.1) is 11.8 Å². The first-order valence-electron chi connectivity index (χ1n) is 9.04. The van der Waals surface area contributed by atoms with Crippen LogP contribution in [-0.4, -0.2) is 42.3 Å². The monoisotopic (exact) mass is 342 g/mol. The maximum absolute atomic E-state index is 12.7. The number of carbonyl (C=O) groups excluding carboxylic acids is 3. The van der Waals surface area contributed by atoms with Crippen molar-refractivity contribution >= 4 is 23.4 Å². The molecular formula is C19H22N2O4. The van der Waals surface area contributed by atoms with Crippen molar-refractivity contribution in [1.29, 1.82) is 0 Å². The normalized spacial score (nSPS) is 25.4. The second-order valence-electron chi connectivity index (χ2n) is 6.94. The van der Waals surface area contributed by atoms with Gasteiger partial charge in [-0.05, 0) is 25.0 Å². The van der Waals surface area contributed by atoms with Gasteiger partial charge in [0.25, 0.3) is 0 Å². The highest BCUT2D eigenvalue weighted by molar-refractivity contribution is 6.05. The second kappa shape index (κ2) is 6.50. The topological polar surface area (TPSA) is 66.9 Å². The maximum atomic E-state index is 12.7. The number of amides is 3. The molecule has 2 unspecified atom stereocenters. The molecule has 2 aliphatic heterocycles. The van der Waals surface area contributed by atoms with Gasteiger partial charge < -0.3 is 9.64 Å². The highest BCUT2D eigenvalue weighted by Crippen LogP contribution is 2.38. The number of carbonyl (C=O) groups is 3. The van der Waals surface area contributed by atoms with Gasteiger partial charge in [0.2, 0.25) is 17.7 Å². The number of imide groups is 1. The standard InChI is InChI=1S/C19H22N2O4/c22-17(20-11-12-25-16-8-4-3-7-15(16)20)9-10-21-18(23)13-5-1-2-6-14(13)19(21)24/h3-4,7-8,13-14H,1-2,5-6,9-12H2. The van der Waals surface area contributed by atoms with E-state index in [2.05, 4.69) is 0 Å². The fourth-order valence-corrected chi connectivity index (χ4v) is 4.22. The van der Waals surface area contributed by atoms with Crippen molar-refractivity contribution in [2.24, 2.45) is 11.8 Å². The number of rotatable bonds is 3. The fraction of sp³-hybridized carbons (Fsp3) is 0.526. The predicted molar refractivity (Wildman–Crippen MR) is 91.1 cm³/mol. The molecule has 1 aliphatic carbocycles. The van der Waals surface area contributed by atoms with Crippen molar-refractivity contribution < 1.29 is 19.1 Å². The van der Waals surface area contributed by atoms with Gasteiger partial charge >= 0.3 is 0 Å². The average molecular weight is 342 g/mol. The molecule has 0 spiro atoms. The Morgan fingerprint density at radius 1 is 1.08 bits per heavy atom. The van der Waals surface area contributed by atoms with Crippen LogP contribution in [-0.2, 0) is 14.4 Å². The highest BCUT2D eigenvalue weighted by atomic mass is 16.5. The van der Waals surface area contributed by atoms with Crippen molar-refractivity contribution in [2.75, 3.05) is 24.6 Å². The van der Waals surface area contributed by atoms with Crippen LogP contribution in [0.15, 0.2) is 24.3 Å². The molecular weight excluding hydrogens is 320 g/mol. The van der Waals surface area contributed by atoms with Gasteiger partial charge in [-0.15, -0.1) is 0 Å². The number of ether oxygens (including phenoxy) is 1. The summed E-state index contributed by atoms with van der Waals surface area (Å²) in [6, 6.07) is 7.43. The van der Waals surface area contributed by atoms with E-state index in [1.165, 1.54) is 4.90 Å². The minimum absolute atomic E-state index is 0.0776. The number of hydrogen-bond acceptors (Lipinski definition) is 4. The predicted octanol–water partition coefficient (Wildman–Crippen LogP) is 1.98. The lowest BCUT2D eigenvalue weighted by molar-refractivity contribution is -0.140. The average Bonchev–Trinajstić information content (AvgIpc) is 2.90. The van der Waals surface area contributed by atoms with Crippen molar-refractivity contribution in [3.8, 4) is 5.75 Å². The molecule has 0 bridgehead atoms. The third kappa shape index (κ3) is 2.79. The van der Waals surface area contributed by atoms with E-state index < -0.39 is 0 Å². The van der Waals surface area contributed by atoms with Gasteiger partial charge in [0.05, 0.1) is 24.1 Å². The molecule has 2 fully saturated rings. The van der Waals surface area contributed by atoms with Crippen LogP contribution in [0.4, 0.5) is 5.69 Å². The van der Waals surface area contributed by atoms with Crippen LogP contribution in [0.3, 0.4) is 0 Å². The number of benzene rings is 1. The van der Waals surface area contributed by atoms with Crippen LogP contribution in [0.2, 0.25) is 0 Å². The summed E-state index contributed by atoms with van der Waals surface area (Å²) < 4.78 is 5.57. The van der Waals surface area contributed by atoms with Crippen LogP contribution < -0.4 is 9.64 Å². The third-order valence-electron chi connectivity index (χ3n) is 5.51. The Labute approximate surface area is 146 Å². The third-order valence-corrected chi connectivity index (χ3v) is 5.51. The SMILES string of the molecule is O=C1C2CCCCC2C(=O)N1CCC(=O)N1CCOc2ccccc21. The van der Waals surface area contributed by atoms with Gasteiger partial charge in [0, 0.05) is 13.0 Å². The molecule has 25 heavy (non-hydrogen) atoms. The molecule has 1 saturated carbocycles. The second-order valence-corrected chi connectivity index (χ2v) is 6.94. The van der Waals surface area contributed by atoms with Gasteiger partial charge in [0.15, 0.2) is 0 Å². The van der Waals surface area contributed by atoms with E-state index in [1.807, 2.05) is 24.3 Å². The van der Waals surface area contributed by atoms with Gasteiger partial charge in [-0.25, -0.2) is 0 Å². The number of anilines is 1. The molecule has 0 N–H and O–H groups in total. The largest absolute Gasteiger partial charge is 0.490 e. The lowest BCUT2D eigenvalue weighted by atomic mass is 9.81. The van der Waals surface area contributed by atoms with Crippen LogP contribution in [0.1, 0.15) is 32.1 Å². The summed E-state index contributed by atoms with van der Waals surface area (Å²) in [7, 11) is 0. The van der Waals surface area contributed by atoms with Crippen LogP contribution in [0.25, 0.3) is 0 Å². The quantitative estimate of drug-likeness (QED) is 0.788. The van der Waals surface area contributed by atoms with Gasteiger partial charge in [-0.2, -0.15) is 0 Å². The van der Waals surface area contributed by atoms with Gasteiger partial charge in [-0.1, -0.05) is 25.0 Å². The molecule has 6 heteroatoms. The van der Waals surface area contributed by atoms with Crippen molar-refractivity contribution in [1.82, 2.24) is 4.90 Å². The first-order chi connectivity index (χ1) is 12.2. The molecule has 6 nitrogen and oxygen atoms in total. The van der Waals surface area contributed by atoms with Crippen LogP contribution in [0.5, 0.6) is 5.75 Å². The Bertz CT molecular complexity index is 693. The minimum Gasteiger partial charge on any atom is -0.490 e. The number of para-hydroxylation sites is 2. The Balaban J connectivity index is 1.43. The Morgan fingerprint density at radius 3 is 2.48 bits per heavy atom. The Kier molecular flexibility index (Phi) is 4.19. The molecule has 2 heterocycles. The molecule has 0 radical (unpaired) electrons. The molecule has 4 rings (SSSR count). The van der Waals surface area contributed by atoms with Crippen LogP contribution >= 0.6 is 0 Å². The molecule has 2 atom stereocenters. The van der Waals surface area contributed by atoms with E-state index in [9.17, 15) is 14.4 Å². The summed E-state index contributed by atoms with van der Waals surface area (Å²) in [5.41, 5.74) is 0.756. The first kappa shape index (κ1) is 16.1. The summed E-state index contributed by atoms with van der Waals surface area (Å²) in [5.74, 6) is 0.156. The summed E-state index contributed by atoms with van der Waals surface area (Å²) >= 11 is 0. The van der Waals surface area contributed by atoms with Crippen molar-refractivity contribution in [3.05, 3.63) is 24.3 Å². The van der Waals surface area contributed by atoms with E-state index in [4.69, 9.17) is 4.74 Å². The molecule has 0 aromatic heterocycles.